The molecule has 0 atom stereocenters. The minimum Gasteiger partial charge on any atom is -0.748 e. The van der Waals surface area contributed by atoms with Crippen LogP contribution < -0.4 is 0 Å². The smallest absolute Gasteiger partial charge is 0.102 e. The lowest BCUT2D eigenvalue weighted by atomic mass is 10.3. The Morgan fingerprint density at radius 3 is 1.95 bits per heavy atom. The molecule has 0 saturated heterocycles. The van der Waals surface area contributed by atoms with Crippen LogP contribution in [0.2, 0.25) is 0 Å². The van der Waals surface area contributed by atoms with E-state index >= 15 is 0 Å². The van der Waals surface area contributed by atoms with Crippen LogP contribution in [0.15, 0.2) is 0 Å². The Labute approximate surface area is 129 Å². The van der Waals surface area contributed by atoms with Crippen LogP contribution in [0.3, 0.4) is 0 Å². The second kappa shape index (κ2) is 11.4. The molecule has 0 radical (unpaired) electrons. The van der Waals surface area contributed by atoms with Gasteiger partial charge in [-0.15, -0.1) is 0 Å². The molecule has 0 rings (SSSR count). The lowest BCUT2D eigenvalue weighted by Crippen LogP contribution is -2.50. The highest BCUT2D eigenvalue weighted by molar-refractivity contribution is 7.85. The standard InChI is InChI=1S/C14H31NO5S/c1-4-10-19-12-13-20-11-9-15(5-2,6-3)8-7-14-21(16,17)18/h4-14H2,1-3H3. The fourth-order valence-corrected chi connectivity index (χ4v) is 2.75. The van der Waals surface area contributed by atoms with Gasteiger partial charge in [0.15, 0.2) is 0 Å². The first-order chi connectivity index (χ1) is 9.89. The zero-order chi connectivity index (χ0) is 16.2. The third-order valence-corrected chi connectivity index (χ3v) is 4.59. The molecule has 0 aliphatic carbocycles. The van der Waals surface area contributed by atoms with Crippen LogP contribution in [0.4, 0.5) is 0 Å². The third-order valence-electron chi connectivity index (χ3n) is 3.80. The quantitative estimate of drug-likeness (QED) is 0.273. The van der Waals surface area contributed by atoms with E-state index in [1.807, 2.05) is 0 Å². The predicted molar refractivity (Wildman–Crippen MR) is 82.2 cm³/mol. The Hall–Kier alpha value is -0.210. The second-order valence-electron chi connectivity index (χ2n) is 5.26. The number of ether oxygens (including phenoxy) is 2. The van der Waals surface area contributed by atoms with E-state index in [-0.39, 0.29) is 5.75 Å². The first-order valence-corrected chi connectivity index (χ1v) is 9.41. The van der Waals surface area contributed by atoms with Crippen molar-refractivity contribution >= 4 is 10.1 Å². The number of nitrogens with zero attached hydrogens (tertiary/aromatic N) is 1. The monoisotopic (exact) mass is 325 g/mol. The molecule has 0 aliphatic heterocycles. The van der Waals surface area contributed by atoms with Gasteiger partial charge in [-0.1, -0.05) is 6.92 Å². The molecule has 128 valence electrons. The summed E-state index contributed by atoms with van der Waals surface area (Å²) in [6.07, 6.45) is 1.42. The number of hydrogen-bond acceptors (Lipinski definition) is 5. The summed E-state index contributed by atoms with van der Waals surface area (Å²) in [6.45, 7) is 12.2. The molecular weight excluding hydrogens is 294 g/mol. The lowest BCUT2D eigenvalue weighted by molar-refractivity contribution is -0.925. The number of rotatable bonds is 14. The molecule has 0 unspecified atom stereocenters. The van der Waals surface area contributed by atoms with E-state index < -0.39 is 10.1 Å². The topological polar surface area (TPSA) is 75.7 Å². The largest absolute Gasteiger partial charge is 0.748 e. The van der Waals surface area contributed by atoms with Crippen molar-refractivity contribution < 1.29 is 26.9 Å². The maximum Gasteiger partial charge on any atom is 0.102 e. The van der Waals surface area contributed by atoms with Crippen molar-refractivity contribution in [3.8, 4) is 0 Å². The molecule has 0 saturated carbocycles. The predicted octanol–water partition coefficient (Wildman–Crippen LogP) is 1.22. The summed E-state index contributed by atoms with van der Waals surface area (Å²) in [5.74, 6) is -0.279. The van der Waals surface area contributed by atoms with Gasteiger partial charge in [-0.05, 0) is 20.3 Å². The van der Waals surface area contributed by atoms with E-state index in [2.05, 4.69) is 20.8 Å². The van der Waals surface area contributed by atoms with Gasteiger partial charge in [0.25, 0.3) is 0 Å². The molecule has 21 heavy (non-hydrogen) atoms. The second-order valence-corrected chi connectivity index (χ2v) is 6.79. The molecule has 0 aromatic carbocycles. The van der Waals surface area contributed by atoms with E-state index in [1.165, 1.54) is 0 Å². The highest BCUT2D eigenvalue weighted by Gasteiger charge is 2.22. The van der Waals surface area contributed by atoms with Crippen LogP contribution >= 0.6 is 0 Å². The molecule has 7 heteroatoms. The number of hydrogen-bond donors (Lipinski definition) is 0. The van der Waals surface area contributed by atoms with Crippen LogP contribution in [0, 0.1) is 0 Å². The van der Waals surface area contributed by atoms with Crippen molar-refractivity contribution in [2.45, 2.75) is 33.6 Å². The summed E-state index contributed by atoms with van der Waals surface area (Å²) in [6, 6.07) is 0. The molecule has 0 aromatic heterocycles. The van der Waals surface area contributed by atoms with E-state index in [4.69, 9.17) is 9.47 Å². The van der Waals surface area contributed by atoms with Crippen LogP contribution in [0.1, 0.15) is 33.6 Å². The summed E-state index contributed by atoms with van der Waals surface area (Å²) < 4.78 is 43.7. The Kier molecular flexibility index (Phi) is 11.3. The van der Waals surface area contributed by atoms with E-state index in [1.54, 1.807) is 0 Å². The van der Waals surface area contributed by atoms with Gasteiger partial charge in [0, 0.05) is 18.8 Å². The minimum atomic E-state index is -4.11. The lowest BCUT2D eigenvalue weighted by Gasteiger charge is -2.37. The van der Waals surface area contributed by atoms with E-state index in [9.17, 15) is 13.0 Å². The van der Waals surface area contributed by atoms with Crippen molar-refractivity contribution in [1.29, 1.82) is 0 Å². The van der Waals surface area contributed by atoms with Crippen LogP contribution in [0.25, 0.3) is 0 Å². The zero-order valence-electron chi connectivity index (χ0n) is 13.7. The SMILES string of the molecule is CCCOCCOCC[N+](CC)(CC)CCCS(=O)(=O)[O-]. The molecular formula is C14H31NO5S. The van der Waals surface area contributed by atoms with Crippen LogP contribution in [-0.4, -0.2) is 75.8 Å². The summed E-state index contributed by atoms with van der Waals surface area (Å²) in [7, 11) is -4.11. The van der Waals surface area contributed by atoms with E-state index in [0.717, 1.165) is 37.1 Å². The molecule has 0 N–H and O–H groups in total. The molecule has 0 amide bonds. The molecule has 6 nitrogen and oxygen atoms in total. The Balaban J connectivity index is 3.98. The van der Waals surface area contributed by atoms with E-state index in [0.29, 0.717) is 32.8 Å². The molecule has 0 heterocycles. The summed E-state index contributed by atoms with van der Waals surface area (Å²) >= 11 is 0. The maximum absolute atomic E-state index is 10.7. The maximum atomic E-state index is 10.7. The zero-order valence-corrected chi connectivity index (χ0v) is 14.5. The van der Waals surface area contributed by atoms with Gasteiger partial charge in [-0.2, -0.15) is 0 Å². The van der Waals surface area contributed by atoms with Crippen molar-refractivity contribution in [3.63, 3.8) is 0 Å². The highest BCUT2D eigenvalue weighted by Crippen LogP contribution is 2.08. The minimum absolute atomic E-state index is 0.279. The molecule has 0 spiro atoms. The normalized spacial score (nSPS) is 12.8. The number of likely N-dealkylation sites (N-methyl/N-ethyl adjacent to an activating group) is 1. The van der Waals surface area contributed by atoms with Gasteiger partial charge in [0.2, 0.25) is 0 Å². The molecule has 0 fully saturated rings. The summed E-state index contributed by atoms with van der Waals surface area (Å²) in [4.78, 5) is 0. The molecule has 0 aliphatic rings. The van der Waals surface area contributed by atoms with Crippen molar-refractivity contribution in [2.24, 2.45) is 0 Å². The molecule has 0 bridgehead atoms. The van der Waals surface area contributed by atoms with Gasteiger partial charge in [-0.25, -0.2) is 8.42 Å². The Morgan fingerprint density at radius 1 is 0.905 bits per heavy atom. The van der Waals surface area contributed by atoms with Crippen LogP contribution in [-0.2, 0) is 19.6 Å². The van der Waals surface area contributed by atoms with Crippen LogP contribution in [0.5, 0.6) is 0 Å². The highest BCUT2D eigenvalue weighted by atomic mass is 32.2. The first kappa shape index (κ1) is 20.8. The Bertz CT molecular complexity index is 341. The average molecular weight is 325 g/mol. The third kappa shape index (κ3) is 11.1. The van der Waals surface area contributed by atoms with Gasteiger partial charge < -0.3 is 18.5 Å². The van der Waals surface area contributed by atoms with Gasteiger partial charge in [0.1, 0.15) is 6.54 Å². The van der Waals surface area contributed by atoms with Crippen molar-refractivity contribution in [1.82, 2.24) is 0 Å². The molecule has 0 aromatic rings. The number of quaternary nitrogens is 1. The van der Waals surface area contributed by atoms with Crippen molar-refractivity contribution in [3.05, 3.63) is 0 Å². The first-order valence-electron chi connectivity index (χ1n) is 7.83. The average Bonchev–Trinajstić information content (AvgIpc) is 2.43. The van der Waals surface area contributed by atoms with Gasteiger partial charge in [-0.3, -0.25) is 0 Å². The summed E-state index contributed by atoms with van der Waals surface area (Å²) in [5.41, 5.74) is 0. The van der Waals surface area contributed by atoms with Gasteiger partial charge >= 0.3 is 0 Å². The van der Waals surface area contributed by atoms with Gasteiger partial charge in [0.05, 0.1) is 49.6 Å². The Morgan fingerprint density at radius 2 is 1.48 bits per heavy atom. The summed E-state index contributed by atoms with van der Waals surface area (Å²) in [5, 5.41) is 0. The fourth-order valence-electron chi connectivity index (χ4n) is 2.27. The van der Waals surface area contributed by atoms with Crippen molar-refractivity contribution in [2.75, 3.05) is 58.4 Å². The fraction of sp³-hybridized carbons (Fsp3) is 1.00.